The smallest absolute Gasteiger partial charge is 0.225 e. The third-order valence-corrected chi connectivity index (χ3v) is 5.11. The summed E-state index contributed by atoms with van der Waals surface area (Å²) in [6.07, 6.45) is 3.59. The Morgan fingerprint density at radius 3 is 2.82 bits per heavy atom. The van der Waals surface area contributed by atoms with Crippen LogP contribution >= 0.6 is 11.3 Å². The lowest BCUT2D eigenvalue weighted by Crippen LogP contribution is -2.40. The van der Waals surface area contributed by atoms with E-state index in [0.29, 0.717) is 0 Å². The molecular formula is C17H22N2O2S. The van der Waals surface area contributed by atoms with Crippen LogP contribution in [0.4, 0.5) is 0 Å². The van der Waals surface area contributed by atoms with Gasteiger partial charge in [-0.1, -0.05) is 6.07 Å². The highest BCUT2D eigenvalue weighted by Crippen LogP contribution is 2.22. The number of carbonyl (C=O) groups excluding carboxylic acids is 1. The van der Waals surface area contributed by atoms with Crippen molar-refractivity contribution in [3.63, 3.8) is 0 Å². The van der Waals surface area contributed by atoms with Gasteiger partial charge in [-0.2, -0.15) is 0 Å². The molecule has 0 spiro atoms. The fourth-order valence-electron chi connectivity index (χ4n) is 2.99. The second-order valence-electron chi connectivity index (χ2n) is 5.90. The topological polar surface area (TPSA) is 36.7 Å². The molecule has 1 aliphatic rings. The first-order valence-corrected chi connectivity index (χ1v) is 8.62. The molecule has 5 heteroatoms. The van der Waals surface area contributed by atoms with E-state index < -0.39 is 0 Å². The van der Waals surface area contributed by atoms with Gasteiger partial charge in [0.15, 0.2) is 0 Å². The van der Waals surface area contributed by atoms with Crippen LogP contribution in [0.5, 0.6) is 0 Å². The van der Waals surface area contributed by atoms with Gasteiger partial charge in [0, 0.05) is 17.8 Å². The molecule has 3 heterocycles. The number of furan rings is 1. The van der Waals surface area contributed by atoms with E-state index in [2.05, 4.69) is 16.3 Å². The fraction of sp³-hybridized carbons (Fsp3) is 0.471. The third kappa shape index (κ3) is 3.78. The van der Waals surface area contributed by atoms with E-state index >= 15 is 0 Å². The van der Waals surface area contributed by atoms with E-state index in [1.165, 1.54) is 4.88 Å². The molecule has 1 fully saturated rings. The molecule has 0 bridgehead atoms. The maximum atomic E-state index is 12.5. The van der Waals surface area contributed by atoms with Gasteiger partial charge in [0.1, 0.15) is 5.76 Å². The van der Waals surface area contributed by atoms with E-state index in [1.54, 1.807) is 17.6 Å². The van der Waals surface area contributed by atoms with Crippen LogP contribution in [-0.4, -0.2) is 35.8 Å². The average molecular weight is 318 g/mol. The van der Waals surface area contributed by atoms with Crippen LogP contribution < -0.4 is 0 Å². The zero-order valence-corrected chi connectivity index (χ0v) is 13.7. The van der Waals surface area contributed by atoms with Crippen LogP contribution in [0.15, 0.2) is 40.3 Å². The van der Waals surface area contributed by atoms with Crippen LogP contribution in [0.2, 0.25) is 0 Å². The molecule has 4 nitrogen and oxygen atoms in total. The van der Waals surface area contributed by atoms with Gasteiger partial charge in [0.25, 0.3) is 0 Å². The summed E-state index contributed by atoms with van der Waals surface area (Å²) in [6.45, 7) is 3.50. The quantitative estimate of drug-likeness (QED) is 0.849. The summed E-state index contributed by atoms with van der Waals surface area (Å²) in [6, 6.07) is 8.04. The lowest BCUT2D eigenvalue weighted by Gasteiger charge is -2.32. The molecule has 1 aliphatic heterocycles. The Hall–Kier alpha value is -1.59. The van der Waals surface area contributed by atoms with Gasteiger partial charge in [0.2, 0.25) is 5.91 Å². The predicted octanol–water partition coefficient (Wildman–Crippen LogP) is 3.21. The van der Waals surface area contributed by atoms with Gasteiger partial charge in [-0.3, -0.25) is 9.69 Å². The first kappa shape index (κ1) is 15.3. The maximum Gasteiger partial charge on any atom is 0.225 e. The molecule has 22 heavy (non-hydrogen) atoms. The molecule has 1 saturated heterocycles. The molecule has 0 radical (unpaired) electrons. The van der Waals surface area contributed by atoms with Gasteiger partial charge >= 0.3 is 0 Å². The van der Waals surface area contributed by atoms with Crippen LogP contribution in [0.3, 0.4) is 0 Å². The predicted molar refractivity (Wildman–Crippen MR) is 87.5 cm³/mol. The molecule has 0 aromatic carbocycles. The third-order valence-electron chi connectivity index (χ3n) is 4.25. The summed E-state index contributed by atoms with van der Waals surface area (Å²) in [4.78, 5) is 18.0. The Morgan fingerprint density at radius 2 is 2.18 bits per heavy atom. The van der Waals surface area contributed by atoms with E-state index in [-0.39, 0.29) is 11.8 Å². The van der Waals surface area contributed by atoms with Gasteiger partial charge in [0.05, 0.1) is 19.4 Å². The minimum Gasteiger partial charge on any atom is -0.468 e. The summed E-state index contributed by atoms with van der Waals surface area (Å²) in [5.41, 5.74) is 0. The maximum absolute atomic E-state index is 12.5. The SMILES string of the molecule is CN(Cc1cccs1)C(=O)C1CCN(Cc2ccco2)CC1. The van der Waals surface area contributed by atoms with Crippen molar-refractivity contribution < 1.29 is 9.21 Å². The van der Waals surface area contributed by atoms with E-state index in [4.69, 9.17) is 4.42 Å². The lowest BCUT2D eigenvalue weighted by molar-refractivity contribution is -0.136. The molecule has 0 saturated carbocycles. The number of piperidine rings is 1. The van der Waals surface area contributed by atoms with Crippen molar-refractivity contribution >= 4 is 17.2 Å². The monoisotopic (exact) mass is 318 g/mol. The molecule has 0 N–H and O–H groups in total. The van der Waals surface area contributed by atoms with E-state index in [9.17, 15) is 4.79 Å². The Balaban J connectivity index is 1.47. The number of hydrogen-bond donors (Lipinski definition) is 0. The highest BCUT2D eigenvalue weighted by Gasteiger charge is 2.27. The second kappa shape index (κ2) is 7.11. The number of thiophene rings is 1. The first-order chi connectivity index (χ1) is 10.7. The lowest BCUT2D eigenvalue weighted by atomic mass is 9.95. The van der Waals surface area contributed by atoms with E-state index in [1.807, 2.05) is 30.1 Å². The molecule has 0 aliphatic carbocycles. The molecular weight excluding hydrogens is 296 g/mol. The standard InChI is InChI=1S/C17H22N2O2S/c1-18(13-16-5-3-11-22-16)17(20)14-6-8-19(9-7-14)12-15-4-2-10-21-15/h2-5,10-11,14H,6-9,12-13H2,1H3. The van der Waals surface area contributed by atoms with Crippen molar-refractivity contribution in [3.8, 4) is 0 Å². The van der Waals surface area contributed by atoms with Crippen molar-refractivity contribution in [3.05, 3.63) is 46.5 Å². The Bertz CT molecular complexity index is 572. The number of nitrogens with zero attached hydrogens (tertiary/aromatic N) is 2. The Kier molecular flexibility index (Phi) is 4.95. The first-order valence-electron chi connectivity index (χ1n) is 7.74. The fourth-order valence-corrected chi connectivity index (χ4v) is 3.74. The second-order valence-corrected chi connectivity index (χ2v) is 6.94. The molecule has 3 rings (SSSR count). The molecule has 1 amide bonds. The molecule has 118 valence electrons. The average Bonchev–Trinajstić information content (AvgIpc) is 3.21. The van der Waals surface area contributed by atoms with Crippen molar-refractivity contribution in [2.24, 2.45) is 5.92 Å². The van der Waals surface area contributed by atoms with Gasteiger partial charge in [-0.05, 0) is 49.5 Å². The number of likely N-dealkylation sites (tertiary alicyclic amines) is 1. The van der Waals surface area contributed by atoms with Gasteiger partial charge in [-0.15, -0.1) is 11.3 Å². The van der Waals surface area contributed by atoms with Crippen molar-refractivity contribution in [1.82, 2.24) is 9.80 Å². The zero-order valence-electron chi connectivity index (χ0n) is 12.9. The summed E-state index contributed by atoms with van der Waals surface area (Å²) in [5.74, 6) is 1.45. The zero-order chi connectivity index (χ0) is 15.4. The van der Waals surface area contributed by atoms with Crippen LogP contribution in [0.25, 0.3) is 0 Å². The summed E-state index contributed by atoms with van der Waals surface area (Å²) in [5, 5.41) is 2.06. The Morgan fingerprint density at radius 1 is 1.36 bits per heavy atom. The van der Waals surface area contributed by atoms with Gasteiger partial charge in [-0.25, -0.2) is 0 Å². The van der Waals surface area contributed by atoms with E-state index in [0.717, 1.165) is 44.8 Å². The largest absolute Gasteiger partial charge is 0.468 e. The van der Waals surface area contributed by atoms with Crippen molar-refractivity contribution in [1.29, 1.82) is 0 Å². The normalized spacial score (nSPS) is 16.8. The van der Waals surface area contributed by atoms with Crippen molar-refractivity contribution in [2.75, 3.05) is 20.1 Å². The Labute approximate surface area is 135 Å². The summed E-state index contributed by atoms with van der Waals surface area (Å²) in [7, 11) is 1.91. The van der Waals surface area contributed by atoms with Crippen LogP contribution in [0, 0.1) is 5.92 Å². The summed E-state index contributed by atoms with van der Waals surface area (Å²) >= 11 is 1.71. The molecule has 0 atom stereocenters. The number of amides is 1. The molecule has 2 aromatic heterocycles. The van der Waals surface area contributed by atoms with Crippen LogP contribution in [0.1, 0.15) is 23.5 Å². The summed E-state index contributed by atoms with van der Waals surface area (Å²) < 4.78 is 5.39. The minimum absolute atomic E-state index is 0.165. The van der Waals surface area contributed by atoms with Crippen molar-refractivity contribution in [2.45, 2.75) is 25.9 Å². The highest BCUT2D eigenvalue weighted by atomic mass is 32.1. The molecule has 2 aromatic rings. The number of hydrogen-bond acceptors (Lipinski definition) is 4. The van der Waals surface area contributed by atoms with Gasteiger partial charge < -0.3 is 9.32 Å². The highest BCUT2D eigenvalue weighted by molar-refractivity contribution is 7.09. The molecule has 0 unspecified atom stereocenters. The minimum atomic E-state index is 0.165. The number of rotatable bonds is 5. The van der Waals surface area contributed by atoms with Crippen LogP contribution in [-0.2, 0) is 17.9 Å². The number of carbonyl (C=O) groups is 1.